The molecule has 2 N–H and O–H groups in total. The van der Waals surface area contributed by atoms with Crippen LogP contribution in [0.5, 0.6) is 5.75 Å². The van der Waals surface area contributed by atoms with Crippen molar-refractivity contribution in [2.24, 2.45) is 5.92 Å². The summed E-state index contributed by atoms with van der Waals surface area (Å²) in [6.45, 7) is 0.537. The molecule has 0 radical (unpaired) electrons. The van der Waals surface area contributed by atoms with Crippen LogP contribution in [0.2, 0.25) is 0 Å². The molecule has 1 fully saturated rings. The highest BCUT2D eigenvalue weighted by Crippen LogP contribution is 2.25. The number of halogens is 5. The van der Waals surface area contributed by atoms with Crippen LogP contribution in [0, 0.1) is 17.6 Å². The van der Waals surface area contributed by atoms with Gasteiger partial charge < -0.3 is 24.8 Å². The Bertz CT molecular complexity index is 939. The fourth-order valence-electron chi connectivity index (χ4n) is 3.45. The molecule has 0 saturated carbocycles. The van der Waals surface area contributed by atoms with E-state index in [2.05, 4.69) is 10.1 Å². The SMILES string of the molecule is O=C(NCC(CO)Cc1ccc(OC(F)(F)F)cc1)N1CCOC(c2ccc(F)c(F)c2)C1. The first-order valence-corrected chi connectivity index (χ1v) is 10.2. The number of benzene rings is 2. The van der Waals surface area contributed by atoms with Crippen LogP contribution in [-0.4, -0.2) is 55.2 Å². The van der Waals surface area contributed by atoms with Crippen molar-refractivity contribution in [2.45, 2.75) is 18.9 Å². The van der Waals surface area contributed by atoms with Crippen molar-refractivity contribution >= 4 is 6.03 Å². The van der Waals surface area contributed by atoms with E-state index in [4.69, 9.17) is 4.74 Å². The first-order valence-electron chi connectivity index (χ1n) is 10.2. The average Bonchev–Trinajstić information content (AvgIpc) is 2.78. The van der Waals surface area contributed by atoms with Crippen LogP contribution in [0.4, 0.5) is 26.7 Å². The molecule has 1 aliphatic rings. The lowest BCUT2D eigenvalue weighted by Crippen LogP contribution is -2.48. The number of hydrogen-bond donors (Lipinski definition) is 2. The van der Waals surface area contributed by atoms with Crippen molar-refractivity contribution < 1.29 is 41.3 Å². The smallest absolute Gasteiger partial charge is 0.406 e. The molecule has 33 heavy (non-hydrogen) atoms. The van der Waals surface area contributed by atoms with Gasteiger partial charge in [-0.2, -0.15) is 0 Å². The lowest BCUT2D eigenvalue weighted by atomic mass is 10.00. The van der Waals surface area contributed by atoms with Crippen molar-refractivity contribution in [3.05, 3.63) is 65.2 Å². The number of nitrogens with zero attached hydrogens (tertiary/aromatic N) is 1. The van der Waals surface area contributed by atoms with Gasteiger partial charge in [0.15, 0.2) is 11.6 Å². The Kier molecular flexibility index (Phi) is 8.09. The van der Waals surface area contributed by atoms with E-state index in [0.717, 1.165) is 12.1 Å². The van der Waals surface area contributed by atoms with Crippen LogP contribution in [0.15, 0.2) is 42.5 Å². The first kappa shape index (κ1) is 24.7. The van der Waals surface area contributed by atoms with Crippen molar-refractivity contribution in [2.75, 3.05) is 32.8 Å². The second-order valence-corrected chi connectivity index (χ2v) is 7.61. The number of carbonyl (C=O) groups excluding carboxylic acids is 1. The number of rotatable bonds is 7. The Hall–Kier alpha value is -2.92. The van der Waals surface area contributed by atoms with E-state index < -0.39 is 30.1 Å². The van der Waals surface area contributed by atoms with Gasteiger partial charge in [-0.1, -0.05) is 18.2 Å². The second-order valence-electron chi connectivity index (χ2n) is 7.61. The summed E-state index contributed by atoms with van der Waals surface area (Å²) < 4.78 is 72.8. The normalized spacial score (nSPS) is 17.5. The minimum absolute atomic E-state index is 0.128. The maximum absolute atomic E-state index is 13.5. The number of morpholine rings is 1. The molecule has 1 saturated heterocycles. The summed E-state index contributed by atoms with van der Waals surface area (Å²) >= 11 is 0. The number of carbonyl (C=O) groups is 1. The number of hydrogen-bond acceptors (Lipinski definition) is 4. The molecule has 6 nitrogen and oxygen atoms in total. The molecular formula is C22H23F5N2O4. The minimum Gasteiger partial charge on any atom is -0.406 e. The number of amides is 2. The van der Waals surface area contributed by atoms with Crippen molar-refractivity contribution in [3.8, 4) is 5.75 Å². The van der Waals surface area contributed by atoms with Crippen LogP contribution in [0.1, 0.15) is 17.2 Å². The molecule has 1 aliphatic heterocycles. The summed E-state index contributed by atoms with van der Waals surface area (Å²) in [6, 6.07) is 8.31. The van der Waals surface area contributed by atoms with Crippen LogP contribution in [0.25, 0.3) is 0 Å². The fraction of sp³-hybridized carbons (Fsp3) is 0.409. The predicted octanol–water partition coefficient (Wildman–Crippen LogP) is 3.80. The van der Waals surface area contributed by atoms with Gasteiger partial charge in [-0.25, -0.2) is 13.6 Å². The molecule has 2 unspecified atom stereocenters. The van der Waals surface area contributed by atoms with Crippen LogP contribution >= 0.6 is 0 Å². The Morgan fingerprint density at radius 1 is 1.18 bits per heavy atom. The number of ether oxygens (including phenoxy) is 2. The van der Waals surface area contributed by atoms with Crippen molar-refractivity contribution in [3.63, 3.8) is 0 Å². The molecule has 3 rings (SSSR count). The van der Waals surface area contributed by atoms with E-state index in [1.54, 1.807) is 0 Å². The zero-order valence-corrected chi connectivity index (χ0v) is 17.4. The third kappa shape index (κ3) is 7.29. The second kappa shape index (κ2) is 10.8. The molecule has 11 heteroatoms. The summed E-state index contributed by atoms with van der Waals surface area (Å²) in [4.78, 5) is 14.0. The zero-order valence-electron chi connectivity index (χ0n) is 17.4. The van der Waals surface area contributed by atoms with E-state index in [1.165, 1.54) is 35.2 Å². The van der Waals surface area contributed by atoms with Gasteiger partial charge in [-0.15, -0.1) is 13.2 Å². The van der Waals surface area contributed by atoms with E-state index in [0.29, 0.717) is 24.1 Å². The molecule has 2 amide bonds. The Morgan fingerprint density at radius 2 is 1.91 bits per heavy atom. The summed E-state index contributed by atoms with van der Waals surface area (Å²) in [5.41, 5.74) is 1.08. The first-order chi connectivity index (χ1) is 15.6. The molecule has 0 spiro atoms. The molecule has 2 aromatic rings. The zero-order chi connectivity index (χ0) is 24.0. The monoisotopic (exact) mass is 474 g/mol. The third-order valence-corrected chi connectivity index (χ3v) is 5.15. The topological polar surface area (TPSA) is 71.0 Å². The molecule has 0 bridgehead atoms. The Morgan fingerprint density at radius 3 is 2.55 bits per heavy atom. The van der Waals surface area contributed by atoms with Gasteiger partial charge in [-0.05, 0) is 41.8 Å². The maximum atomic E-state index is 13.5. The number of nitrogens with one attached hydrogen (secondary N) is 1. The molecule has 2 aromatic carbocycles. The highest BCUT2D eigenvalue weighted by Gasteiger charge is 2.31. The number of alkyl halides is 3. The van der Waals surface area contributed by atoms with Gasteiger partial charge in [0, 0.05) is 25.6 Å². The summed E-state index contributed by atoms with van der Waals surface area (Å²) in [5, 5.41) is 12.4. The van der Waals surface area contributed by atoms with E-state index in [1.807, 2.05) is 0 Å². The fourth-order valence-corrected chi connectivity index (χ4v) is 3.45. The highest BCUT2D eigenvalue weighted by molar-refractivity contribution is 5.74. The van der Waals surface area contributed by atoms with E-state index in [9.17, 15) is 31.9 Å². The molecule has 0 aliphatic carbocycles. The Balaban J connectivity index is 1.51. The van der Waals surface area contributed by atoms with Gasteiger partial charge in [0.25, 0.3) is 0 Å². The quantitative estimate of drug-likeness (QED) is 0.599. The third-order valence-electron chi connectivity index (χ3n) is 5.15. The molecule has 2 atom stereocenters. The lowest BCUT2D eigenvalue weighted by Gasteiger charge is -2.33. The van der Waals surface area contributed by atoms with E-state index in [-0.39, 0.29) is 38.0 Å². The highest BCUT2D eigenvalue weighted by atomic mass is 19.4. The molecular weight excluding hydrogens is 451 g/mol. The number of aliphatic hydroxyl groups is 1. The molecule has 1 heterocycles. The van der Waals surface area contributed by atoms with Gasteiger partial charge in [0.05, 0.1) is 13.2 Å². The maximum Gasteiger partial charge on any atom is 0.573 e. The van der Waals surface area contributed by atoms with Gasteiger partial charge >= 0.3 is 12.4 Å². The van der Waals surface area contributed by atoms with Crippen LogP contribution in [0.3, 0.4) is 0 Å². The summed E-state index contributed by atoms with van der Waals surface area (Å²) in [6.07, 6.45) is -5.06. The van der Waals surface area contributed by atoms with Crippen LogP contribution < -0.4 is 10.1 Å². The largest absolute Gasteiger partial charge is 0.573 e. The van der Waals surface area contributed by atoms with Crippen LogP contribution in [-0.2, 0) is 11.2 Å². The number of aliphatic hydroxyl groups excluding tert-OH is 1. The van der Waals surface area contributed by atoms with Crippen molar-refractivity contribution in [1.29, 1.82) is 0 Å². The lowest BCUT2D eigenvalue weighted by molar-refractivity contribution is -0.274. The van der Waals surface area contributed by atoms with Gasteiger partial charge in [0.2, 0.25) is 0 Å². The summed E-state index contributed by atoms with van der Waals surface area (Å²) in [7, 11) is 0. The number of urea groups is 1. The van der Waals surface area contributed by atoms with Gasteiger partial charge in [-0.3, -0.25) is 0 Å². The minimum atomic E-state index is -4.78. The average molecular weight is 474 g/mol. The van der Waals surface area contributed by atoms with E-state index >= 15 is 0 Å². The van der Waals surface area contributed by atoms with Gasteiger partial charge in [0.1, 0.15) is 11.9 Å². The standard InChI is InChI=1S/C22H23F5N2O4/c23-18-6-3-16(10-19(18)24)20-12-29(7-8-32-20)21(31)28-11-15(13-30)9-14-1-4-17(5-2-14)33-22(25,26)27/h1-6,10,15,20,30H,7-9,11-13H2,(H,28,31). The predicted molar refractivity (Wildman–Crippen MR) is 107 cm³/mol. The molecule has 0 aromatic heterocycles. The Labute approximate surface area is 186 Å². The van der Waals surface area contributed by atoms with Crippen molar-refractivity contribution in [1.82, 2.24) is 10.2 Å². The molecule has 180 valence electrons. The summed E-state index contributed by atoms with van der Waals surface area (Å²) in [5.74, 6) is -2.68.